The average molecular weight is 298 g/mol. The molecule has 0 aliphatic heterocycles. The number of ether oxygens (including phenoxy) is 1. The molecule has 1 atom stereocenters. The van der Waals surface area contributed by atoms with Crippen LogP contribution in [0.2, 0.25) is 0 Å². The summed E-state index contributed by atoms with van der Waals surface area (Å²) in [7, 11) is 1.65. The van der Waals surface area contributed by atoms with Crippen LogP contribution in [-0.2, 0) is 4.74 Å². The van der Waals surface area contributed by atoms with Gasteiger partial charge < -0.3 is 15.4 Å². The maximum Gasteiger partial charge on any atom is 0.319 e. The number of amides is 2. The summed E-state index contributed by atoms with van der Waals surface area (Å²) in [5, 5.41) is 5.67. The van der Waals surface area contributed by atoms with Gasteiger partial charge in [-0.05, 0) is 42.7 Å². The third kappa shape index (κ3) is 4.33. The van der Waals surface area contributed by atoms with Gasteiger partial charge in [0.1, 0.15) is 0 Å². The highest BCUT2D eigenvalue weighted by atomic mass is 16.5. The van der Waals surface area contributed by atoms with E-state index in [0.29, 0.717) is 6.54 Å². The first-order valence-corrected chi connectivity index (χ1v) is 7.30. The Bertz CT molecular complexity index is 640. The minimum atomic E-state index is -0.235. The van der Waals surface area contributed by atoms with Crippen LogP contribution >= 0.6 is 0 Å². The molecule has 0 aliphatic carbocycles. The fraction of sp³-hybridized carbons (Fsp3) is 0.278. The van der Waals surface area contributed by atoms with E-state index < -0.39 is 0 Å². The number of carbonyl (C=O) groups is 1. The van der Waals surface area contributed by atoms with Gasteiger partial charge in [-0.3, -0.25) is 0 Å². The summed E-state index contributed by atoms with van der Waals surface area (Å²) in [5.41, 5.74) is 4.12. The van der Waals surface area contributed by atoms with E-state index in [9.17, 15) is 4.79 Å². The molecule has 0 radical (unpaired) electrons. The van der Waals surface area contributed by atoms with Crippen molar-refractivity contribution < 1.29 is 9.53 Å². The summed E-state index contributed by atoms with van der Waals surface area (Å²) in [6.07, 6.45) is -0.163. The van der Waals surface area contributed by atoms with E-state index in [1.165, 1.54) is 0 Å². The Morgan fingerprint density at radius 2 is 1.91 bits per heavy atom. The van der Waals surface area contributed by atoms with Crippen molar-refractivity contribution in [3.63, 3.8) is 0 Å². The van der Waals surface area contributed by atoms with Gasteiger partial charge in [0, 0.05) is 19.3 Å². The van der Waals surface area contributed by atoms with Crippen LogP contribution in [0, 0.1) is 13.8 Å². The molecule has 4 nitrogen and oxygen atoms in total. The van der Waals surface area contributed by atoms with Crippen molar-refractivity contribution in [2.45, 2.75) is 20.0 Å². The van der Waals surface area contributed by atoms with Crippen molar-refractivity contribution in [1.82, 2.24) is 5.32 Å². The number of rotatable bonds is 5. The summed E-state index contributed by atoms with van der Waals surface area (Å²) >= 11 is 0. The molecule has 0 heterocycles. The second-order valence-electron chi connectivity index (χ2n) is 5.29. The van der Waals surface area contributed by atoms with Crippen LogP contribution in [0.15, 0.2) is 48.5 Å². The Hall–Kier alpha value is -2.33. The number of benzene rings is 2. The van der Waals surface area contributed by atoms with E-state index in [0.717, 1.165) is 22.4 Å². The van der Waals surface area contributed by atoms with Gasteiger partial charge in [0.25, 0.3) is 0 Å². The van der Waals surface area contributed by atoms with Crippen molar-refractivity contribution in [1.29, 1.82) is 0 Å². The fourth-order valence-electron chi connectivity index (χ4n) is 2.35. The van der Waals surface area contributed by atoms with Gasteiger partial charge in [0.15, 0.2) is 0 Å². The molecule has 22 heavy (non-hydrogen) atoms. The SMILES string of the molecule is COC(CNC(=O)Nc1cccc(C)c1)c1ccccc1C. The lowest BCUT2D eigenvalue weighted by Crippen LogP contribution is -2.33. The standard InChI is InChI=1S/C18H22N2O2/c1-13-7-6-9-15(11-13)20-18(21)19-12-17(22-3)16-10-5-4-8-14(16)2/h4-11,17H,12H2,1-3H3,(H2,19,20,21). The number of hydrogen-bond acceptors (Lipinski definition) is 2. The van der Waals surface area contributed by atoms with Gasteiger partial charge in [-0.2, -0.15) is 0 Å². The second kappa shape index (κ2) is 7.61. The number of carbonyl (C=O) groups excluding carboxylic acids is 1. The minimum Gasteiger partial charge on any atom is -0.375 e. The van der Waals surface area contributed by atoms with E-state index in [1.54, 1.807) is 7.11 Å². The monoisotopic (exact) mass is 298 g/mol. The zero-order valence-electron chi connectivity index (χ0n) is 13.2. The largest absolute Gasteiger partial charge is 0.375 e. The predicted octanol–water partition coefficient (Wildman–Crippen LogP) is 3.81. The molecule has 2 N–H and O–H groups in total. The first-order valence-electron chi connectivity index (χ1n) is 7.30. The Morgan fingerprint density at radius 3 is 2.59 bits per heavy atom. The molecule has 0 spiro atoms. The summed E-state index contributed by atoms with van der Waals surface area (Å²) in [6, 6.07) is 15.5. The van der Waals surface area contributed by atoms with Crippen LogP contribution in [0.4, 0.5) is 10.5 Å². The molecule has 1 unspecified atom stereocenters. The van der Waals surface area contributed by atoms with Gasteiger partial charge in [0.05, 0.1) is 6.10 Å². The molecule has 0 fully saturated rings. The Balaban J connectivity index is 1.93. The zero-order valence-corrected chi connectivity index (χ0v) is 13.2. The number of aryl methyl sites for hydroxylation is 2. The highest BCUT2D eigenvalue weighted by Gasteiger charge is 2.13. The number of urea groups is 1. The van der Waals surface area contributed by atoms with Crippen LogP contribution in [0.3, 0.4) is 0 Å². The van der Waals surface area contributed by atoms with E-state index in [2.05, 4.69) is 10.6 Å². The molecule has 0 aromatic heterocycles. The quantitative estimate of drug-likeness (QED) is 0.882. The van der Waals surface area contributed by atoms with Crippen LogP contribution in [0.1, 0.15) is 22.8 Å². The molecule has 0 saturated heterocycles. The highest BCUT2D eigenvalue weighted by Crippen LogP contribution is 2.19. The zero-order chi connectivity index (χ0) is 15.9. The van der Waals surface area contributed by atoms with Gasteiger partial charge in [-0.25, -0.2) is 4.79 Å². The molecule has 0 aliphatic rings. The van der Waals surface area contributed by atoms with E-state index >= 15 is 0 Å². The van der Waals surface area contributed by atoms with Gasteiger partial charge in [-0.15, -0.1) is 0 Å². The van der Waals surface area contributed by atoms with Crippen molar-refractivity contribution >= 4 is 11.7 Å². The Labute approximate surface area is 131 Å². The van der Waals surface area contributed by atoms with Gasteiger partial charge in [0.2, 0.25) is 0 Å². The van der Waals surface area contributed by atoms with E-state index in [-0.39, 0.29) is 12.1 Å². The molecule has 2 amide bonds. The maximum absolute atomic E-state index is 12.0. The van der Waals surface area contributed by atoms with Crippen molar-refractivity contribution in [3.05, 3.63) is 65.2 Å². The average Bonchev–Trinajstić information content (AvgIpc) is 2.49. The molecule has 0 bridgehead atoms. The van der Waals surface area contributed by atoms with Crippen molar-refractivity contribution in [2.75, 3.05) is 19.0 Å². The third-order valence-corrected chi connectivity index (χ3v) is 3.54. The summed E-state index contributed by atoms with van der Waals surface area (Å²) < 4.78 is 5.49. The topological polar surface area (TPSA) is 50.4 Å². The first kappa shape index (κ1) is 16.0. The summed E-state index contributed by atoms with van der Waals surface area (Å²) in [4.78, 5) is 12.0. The lowest BCUT2D eigenvalue weighted by Gasteiger charge is -2.18. The number of hydrogen-bond donors (Lipinski definition) is 2. The Kier molecular flexibility index (Phi) is 5.55. The Morgan fingerprint density at radius 1 is 1.14 bits per heavy atom. The lowest BCUT2D eigenvalue weighted by atomic mass is 10.0. The highest BCUT2D eigenvalue weighted by molar-refractivity contribution is 5.89. The van der Waals surface area contributed by atoms with E-state index in [4.69, 9.17) is 4.74 Å². The third-order valence-electron chi connectivity index (χ3n) is 3.54. The summed E-state index contributed by atoms with van der Waals surface area (Å²) in [6.45, 7) is 4.44. The lowest BCUT2D eigenvalue weighted by molar-refractivity contribution is 0.104. The fourth-order valence-corrected chi connectivity index (χ4v) is 2.35. The van der Waals surface area contributed by atoms with Gasteiger partial charge >= 0.3 is 6.03 Å². The smallest absolute Gasteiger partial charge is 0.319 e. The molecule has 0 saturated carbocycles. The molecule has 4 heteroatoms. The number of anilines is 1. The normalized spacial score (nSPS) is 11.8. The van der Waals surface area contributed by atoms with Crippen molar-refractivity contribution in [2.24, 2.45) is 0 Å². The predicted molar refractivity (Wildman–Crippen MR) is 89.1 cm³/mol. The maximum atomic E-state index is 12.0. The molecule has 2 aromatic carbocycles. The van der Waals surface area contributed by atoms with Crippen LogP contribution in [0.25, 0.3) is 0 Å². The van der Waals surface area contributed by atoms with Crippen molar-refractivity contribution in [3.8, 4) is 0 Å². The van der Waals surface area contributed by atoms with Crippen LogP contribution in [0.5, 0.6) is 0 Å². The van der Waals surface area contributed by atoms with E-state index in [1.807, 2.05) is 62.4 Å². The van der Waals surface area contributed by atoms with Crippen LogP contribution in [-0.4, -0.2) is 19.7 Å². The van der Waals surface area contributed by atoms with Crippen LogP contribution < -0.4 is 10.6 Å². The molecular formula is C18H22N2O2. The molecule has 2 aromatic rings. The molecular weight excluding hydrogens is 276 g/mol. The second-order valence-corrected chi connectivity index (χ2v) is 5.29. The molecule has 2 rings (SSSR count). The first-order chi connectivity index (χ1) is 10.6. The number of methoxy groups -OCH3 is 1. The number of nitrogens with one attached hydrogen (secondary N) is 2. The minimum absolute atomic E-state index is 0.163. The summed E-state index contributed by atoms with van der Waals surface area (Å²) in [5.74, 6) is 0. The molecule has 116 valence electrons. The van der Waals surface area contributed by atoms with Gasteiger partial charge in [-0.1, -0.05) is 36.4 Å².